The van der Waals surface area contributed by atoms with E-state index in [1.54, 1.807) is 33.9 Å². The molecule has 1 fully saturated rings. The lowest BCUT2D eigenvalue weighted by Crippen LogP contribution is -2.39. The van der Waals surface area contributed by atoms with Gasteiger partial charge in [-0.15, -0.1) is 0 Å². The van der Waals surface area contributed by atoms with Gasteiger partial charge in [-0.05, 0) is 45.4 Å². The second kappa shape index (κ2) is 7.07. The van der Waals surface area contributed by atoms with E-state index in [0.29, 0.717) is 23.4 Å². The summed E-state index contributed by atoms with van der Waals surface area (Å²) in [6.07, 6.45) is 4.10. The van der Waals surface area contributed by atoms with Crippen LogP contribution in [0, 0.1) is 13.8 Å². The Hall–Kier alpha value is -3.22. The van der Waals surface area contributed by atoms with Gasteiger partial charge in [-0.3, -0.25) is 9.59 Å². The van der Waals surface area contributed by atoms with Gasteiger partial charge in [0.1, 0.15) is 5.69 Å². The Morgan fingerprint density at radius 1 is 1.14 bits per heavy atom. The van der Waals surface area contributed by atoms with Gasteiger partial charge < -0.3 is 10.2 Å². The fourth-order valence-corrected chi connectivity index (χ4v) is 3.87. The molecule has 3 aromatic rings. The van der Waals surface area contributed by atoms with E-state index >= 15 is 0 Å². The first kappa shape index (κ1) is 18.2. The number of fused-ring (bicyclic) bond motifs is 1. The quantitative estimate of drug-likeness (QED) is 0.760. The smallest absolute Gasteiger partial charge is 0.272 e. The lowest BCUT2D eigenvalue weighted by Gasteiger charge is -2.21. The molecule has 2 unspecified atom stereocenters. The number of nitrogens with one attached hydrogen (secondary N) is 1. The Balaban J connectivity index is 1.46. The zero-order valence-corrected chi connectivity index (χ0v) is 16.2. The Kier molecular flexibility index (Phi) is 4.58. The summed E-state index contributed by atoms with van der Waals surface area (Å²) < 4.78 is 1.62. The number of likely N-dealkylation sites (tertiary alicyclic amines) is 1. The van der Waals surface area contributed by atoms with Crippen molar-refractivity contribution in [1.29, 1.82) is 0 Å². The summed E-state index contributed by atoms with van der Waals surface area (Å²) in [7, 11) is 0. The summed E-state index contributed by atoms with van der Waals surface area (Å²) in [6.45, 7) is 6.43. The molecule has 2 atom stereocenters. The number of rotatable bonds is 3. The van der Waals surface area contributed by atoms with E-state index in [-0.39, 0.29) is 23.9 Å². The maximum atomic E-state index is 12.9. The number of hydrogen-bond acceptors (Lipinski definition) is 4. The number of carbonyl (C=O) groups is 2. The zero-order chi connectivity index (χ0) is 19.8. The summed E-state index contributed by atoms with van der Waals surface area (Å²) in [5, 5.41) is 7.17. The highest BCUT2D eigenvalue weighted by atomic mass is 16.2. The van der Waals surface area contributed by atoms with Crippen molar-refractivity contribution in [2.45, 2.75) is 39.3 Å². The molecule has 7 nitrogen and oxygen atoms in total. The fraction of sp³-hybridized carbons (Fsp3) is 0.333. The van der Waals surface area contributed by atoms with E-state index in [1.165, 1.54) is 0 Å². The van der Waals surface area contributed by atoms with Crippen LogP contribution in [-0.2, 0) is 0 Å². The largest absolute Gasteiger partial charge is 0.347 e. The van der Waals surface area contributed by atoms with Crippen LogP contribution < -0.4 is 5.32 Å². The summed E-state index contributed by atoms with van der Waals surface area (Å²) >= 11 is 0. The predicted octanol–water partition coefficient (Wildman–Crippen LogP) is 2.38. The first-order valence-electron chi connectivity index (χ1n) is 9.41. The SMILES string of the molecule is Cc1cc(C)cc(C(=O)NC2CC(C)N(C(=O)c3ccn4nccc4n3)C2)c1. The molecule has 28 heavy (non-hydrogen) atoms. The van der Waals surface area contributed by atoms with Crippen molar-refractivity contribution in [3.8, 4) is 0 Å². The number of amides is 2. The third-order valence-corrected chi connectivity index (χ3v) is 5.13. The topological polar surface area (TPSA) is 79.6 Å². The number of nitrogens with zero attached hydrogens (tertiary/aromatic N) is 4. The van der Waals surface area contributed by atoms with Crippen LogP contribution in [0.3, 0.4) is 0 Å². The molecule has 1 aliphatic heterocycles. The van der Waals surface area contributed by atoms with Crippen molar-refractivity contribution in [1.82, 2.24) is 24.8 Å². The second-order valence-electron chi connectivity index (χ2n) is 7.54. The third kappa shape index (κ3) is 3.47. The van der Waals surface area contributed by atoms with Gasteiger partial charge in [0, 0.05) is 36.5 Å². The average molecular weight is 377 g/mol. The van der Waals surface area contributed by atoms with Crippen molar-refractivity contribution in [2.24, 2.45) is 0 Å². The monoisotopic (exact) mass is 377 g/mol. The van der Waals surface area contributed by atoms with Crippen LogP contribution in [0.5, 0.6) is 0 Å². The molecule has 0 aliphatic carbocycles. The van der Waals surface area contributed by atoms with Crippen LogP contribution in [0.1, 0.15) is 45.3 Å². The number of carbonyl (C=O) groups excluding carboxylic acids is 2. The van der Waals surface area contributed by atoms with E-state index < -0.39 is 0 Å². The Morgan fingerprint density at radius 2 is 1.89 bits per heavy atom. The van der Waals surface area contributed by atoms with Gasteiger partial charge >= 0.3 is 0 Å². The molecule has 1 aromatic carbocycles. The van der Waals surface area contributed by atoms with Crippen LogP contribution in [0.25, 0.3) is 5.65 Å². The molecule has 1 N–H and O–H groups in total. The lowest BCUT2D eigenvalue weighted by atomic mass is 10.1. The third-order valence-electron chi connectivity index (χ3n) is 5.13. The highest BCUT2D eigenvalue weighted by Crippen LogP contribution is 2.21. The number of aryl methyl sites for hydroxylation is 2. The molecule has 4 rings (SSSR count). The van der Waals surface area contributed by atoms with Crippen molar-refractivity contribution >= 4 is 17.5 Å². The van der Waals surface area contributed by atoms with Crippen LogP contribution in [0.15, 0.2) is 42.7 Å². The normalized spacial score (nSPS) is 19.2. The predicted molar refractivity (Wildman–Crippen MR) is 105 cm³/mol. The summed E-state index contributed by atoms with van der Waals surface area (Å²) in [5.74, 6) is -0.226. The molecule has 7 heteroatoms. The van der Waals surface area contributed by atoms with Crippen LogP contribution in [0.4, 0.5) is 0 Å². The average Bonchev–Trinajstić information content (AvgIpc) is 3.25. The van der Waals surface area contributed by atoms with Gasteiger partial charge in [-0.25, -0.2) is 9.50 Å². The number of benzene rings is 1. The Labute approximate surface area is 163 Å². The molecular formula is C21H23N5O2. The van der Waals surface area contributed by atoms with E-state index in [0.717, 1.165) is 17.5 Å². The molecular weight excluding hydrogens is 354 g/mol. The Bertz CT molecular complexity index is 1040. The minimum Gasteiger partial charge on any atom is -0.347 e. The fourth-order valence-electron chi connectivity index (χ4n) is 3.87. The van der Waals surface area contributed by atoms with E-state index in [1.807, 2.05) is 39.0 Å². The standard InChI is InChI=1S/C21H23N5O2/c1-13-8-14(2)10-16(9-13)20(27)23-17-11-15(3)25(12-17)21(28)18-5-7-26-19(24-18)4-6-22-26/h4-10,15,17H,11-12H2,1-3H3,(H,23,27). The minimum absolute atomic E-state index is 0.0278. The highest BCUT2D eigenvalue weighted by molar-refractivity contribution is 5.95. The van der Waals surface area contributed by atoms with E-state index in [2.05, 4.69) is 15.4 Å². The molecule has 2 aromatic heterocycles. The molecule has 144 valence electrons. The van der Waals surface area contributed by atoms with Gasteiger partial charge in [-0.1, -0.05) is 17.2 Å². The molecule has 2 amide bonds. The van der Waals surface area contributed by atoms with Gasteiger partial charge in [0.2, 0.25) is 0 Å². The number of aromatic nitrogens is 3. The van der Waals surface area contributed by atoms with Crippen molar-refractivity contribution in [3.63, 3.8) is 0 Å². The molecule has 0 radical (unpaired) electrons. The van der Waals surface area contributed by atoms with Crippen molar-refractivity contribution in [3.05, 3.63) is 65.1 Å². The highest BCUT2D eigenvalue weighted by Gasteiger charge is 2.34. The molecule has 0 bridgehead atoms. The first-order valence-corrected chi connectivity index (χ1v) is 9.41. The lowest BCUT2D eigenvalue weighted by molar-refractivity contribution is 0.0735. The summed E-state index contributed by atoms with van der Waals surface area (Å²) in [5.41, 5.74) is 3.80. The van der Waals surface area contributed by atoms with Crippen molar-refractivity contribution < 1.29 is 9.59 Å². The van der Waals surface area contributed by atoms with Crippen LogP contribution in [-0.4, -0.2) is 49.9 Å². The second-order valence-corrected chi connectivity index (χ2v) is 7.54. The maximum Gasteiger partial charge on any atom is 0.272 e. The number of hydrogen-bond donors (Lipinski definition) is 1. The van der Waals surface area contributed by atoms with Crippen LogP contribution in [0.2, 0.25) is 0 Å². The first-order chi connectivity index (χ1) is 13.4. The summed E-state index contributed by atoms with van der Waals surface area (Å²) in [4.78, 5) is 31.7. The minimum atomic E-state index is -0.126. The molecule has 0 spiro atoms. The van der Waals surface area contributed by atoms with Crippen molar-refractivity contribution in [2.75, 3.05) is 6.54 Å². The molecule has 1 aliphatic rings. The Morgan fingerprint density at radius 3 is 2.64 bits per heavy atom. The van der Waals surface area contributed by atoms with Gasteiger partial charge in [0.15, 0.2) is 5.65 Å². The van der Waals surface area contributed by atoms with E-state index in [9.17, 15) is 9.59 Å². The molecule has 0 saturated carbocycles. The van der Waals surface area contributed by atoms with Crippen LogP contribution >= 0.6 is 0 Å². The molecule has 3 heterocycles. The zero-order valence-electron chi connectivity index (χ0n) is 16.2. The van der Waals surface area contributed by atoms with Gasteiger partial charge in [-0.2, -0.15) is 5.10 Å². The van der Waals surface area contributed by atoms with Gasteiger partial charge in [0.25, 0.3) is 11.8 Å². The van der Waals surface area contributed by atoms with Gasteiger partial charge in [0.05, 0.1) is 6.20 Å². The maximum absolute atomic E-state index is 12.9. The molecule has 1 saturated heterocycles. The summed E-state index contributed by atoms with van der Waals surface area (Å²) in [6, 6.07) is 9.20. The van der Waals surface area contributed by atoms with E-state index in [4.69, 9.17) is 0 Å².